The fourth-order valence-electron chi connectivity index (χ4n) is 3.35. The molecule has 2 aromatic rings. The van der Waals surface area contributed by atoms with E-state index < -0.39 is 6.10 Å². The summed E-state index contributed by atoms with van der Waals surface area (Å²) < 4.78 is 16.4. The molecule has 1 amide bonds. The van der Waals surface area contributed by atoms with E-state index in [0.29, 0.717) is 13.2 Å². The SMILES string of the molecule is CC(=O)OC1COc2cc3c(cc21)N(C(=O)OCc1ccccc1)CC3. The number of esters is 1. The summed E-state index contributed by atoms with van der Waals surface area (Å²) in [7, 11) is 0. The third-order valence-corrected chi connectivity index (χ3v) is 4.58. The summed E-state index contributed by atoms with van der Waals surface area (Å²) in [5, 5.41) is 0. The number of ether oxygens (including phenoxy) is 3. The zero-order chi connectivity index (χ0) is 18.1. The lowest BCUT2D eigenvalue weighted by Crippen LogP contribution is -2.29. The average Bonchev–Trinajstić information content (AvgIpc) is 3.22. The van der Waals surface area contributed by atoms with E-state index in [1.165, 1.54) is 6.92 Å². The maximum absolute atomic E-state index is 12.5. The molecule has 0 radical (unpaired) electrons. The minimum absolute atomic E-state index is 0.232. The van der Waals surface area contributed by atoms with Gasteiger partial charge in [0, 0.05) is 19.0 Å². The molecule has 2 aliphatic heterocycles. The summed E-state index contributed by atoms with van der Waals surface area (Å²) in [6, 6.07) is 13.4. The molecule has 0 saturated heterocycles. The molecule has 1 atom stereocenters. The molecular weight excluding hydrogens is 334 g/mol. The molecular formula is C20H19NO5. The Balaban J connectivity index is 1.52. The largest absolute Gasteiger partial charge is 0.489 e. The maximum Gasteiger partial charge on any atom is 0.414 e. The second-order valence-corrected chi connectivity index (χ2v) is 6.37. The summed E-state index contributed by atoms with van der Waals surface area (Å²) in [6.45, 7) is 2.47. The lowest BCUT2D eigenvalue weighted by Gasteiger charge is -2.18. The number of nitrogens with zero attached hydrogens (tertiary/aromatic N) is 1. The summed E-state index contributed by atoms with van der Waals surface area (Å²) in [5.41, 5.74) is 3.56. The van der Waals surface area contributed by atoms with Gasteiger partial charge in [0.25, 0.3) is 0 Å². The van der Waals surface area contributed by atoms with Crippen molar-refractivity contribution in [1.29, 1.82) is 0 Å². The Bertz CT molecular complexity index is 849. The molecule has 2 aromatic carbocycles. The van der Waals surface area contributed by atoms with Gasteiger partial charge in [-0.05, 0) is 29.7 Å². The molecule has 6 nitrogen and oxygen atoms in total. The van der Waals surface area contributed by atoms with Crippen molar-refractivity contribution in [3.05, 3.63) is 59.2 Å². The summed E-state index contributed by atoms with van der Waals surface area (Å²) in [4.78, 5) is 25.4. The number of rotatable bonds is 3. The van der Waals surface area contributed by atoms with Crippen LogP contribution in [0, 0.1) is 0 Å². The van der Waals surface area contributed by atoms with Gasteiger partial charge in [0.05, 0.1) is 5.69 Å². The highest BCUT2D eigenvalue weighted by atomic mass is 16.6. The summed E-state index contributed by atoms with van der Waals surface area (Å²) in [5.74, 6) is 0.362. The number of fused-ring (bicyclic) bond motifs is 2. The van der Waals surface area contributed by atoms with Crippen molar-refractivity contribution in [3.8, 4) is 5.75 Å². The second kappa shape index (κ2) is 6.71. The predicted molar refractivity (Wildman–Crippen MR) is 94.1 cm³/mol. The number of carbonyl (C=O) groups is 2. The Morgan fingerprint density at radius 3 is 2.81 bits per heavy atom. The first-order valence-electron chi connectivity index (χ1n) is 8.57. The molecule has 0 aromatic heterocycles. The molecule has 1 unspecified atom stereocenters. The highest BCUT2D eigenvalue weighted by molar-refractivity contribution is 5.91. The van der Waals surface area contributed by atoms with E-state index in [-0.39, 0.29) is 18.7 Å². The third-order valence-electron chi connectivity index (χ3n) is 4.58. The zero-order valence-electron chi connectivity index (χ0n) is 14.4. The quantitative estimate of drug-likeness (QED) is 0.792. The molecule has 0 spiro atoms. The van der Waals surface area contributed by atoms with Crippen LogP contribution in [0.5, 0.6) is 5.75 Å². The number of amides is 1. The molecule has 134 valence electrons. The van der Waals surface area contributed by atoms with Gasteiger partial charge < -0.3 is 14.2 Å². The molecule has 0 saturated carbocycles. The van der Waals surface area contributed by atoms with Crippen molar-refractivity contribution >= 4 is 17.7 Å². The van der Waals surface area contributed by atoms with E-state index in [2.05, 4.69) is 0 Å². The second-order valence-electron chi connectivity index (χ2n) is 6.37. The standard InChI is InChI=1S/C20H19NO5/c1-13(22)26-19-12-24-18-9-15-7-8-21(17(15)10-16(18)19)20(23)25-11-14-5-3-2-4-6-14/h2-6,9-10,19H,7-8,11-12H2,1H3. The lowest BCUT2D eigenvalue weighted by molar-refractivity contribution is -0.147. The molecule has 2 aliphatic rings. The Labute approximate surface area is 151 Å². The number of hydrogen-bond acceptors (Lipinski definition) is 5. The molecule has 4 rings (SSSR count). The van der Waals surface area contributed by atoms with Gasteiger partial charge >= 0.3 is 12.1 Å². The minimum Gasteiger partial charge on any atom is -0.489 e. The van der Waals surface area contributed by atoms with Crippen molar-refractivity contribution in [2.75, 3.05) is 18.1 Å². The van der Waals surface area contributed by atoms with Crippen LogP contribution in [0.2, 0.25) is 0 Å². The third kappa shape index (κ3) is 3.10. The van der Waals surface area contributed by atoms with Gasteiger partial charge in [-0.15, -0.1) is 0 Å². The highest BCUT2D eigenvalue weighted by Gasteiger charge is 2.33. The van der Waals surface area contributed by atoms with Crippen LogP contribution in [0.25, 0.3) is 0 Å². The number of hydrogen-bond donors (Lipinski definition) is 0. The van der Waals surface area contributed by atoms with Crippen LogP contribution in [0.3, 0.4) is 0 Å². The van der Waals surface area contributed by atoms with E-state index in [9.17, 15) is 9.59 Å². The molecule has 0 bridgehead atoms. The lowest BCUT2D eigenvalue weighted by atomic mass is 10.1. The van der Waals surface area contributed by atoms with Gasteiger partial charge in [0.1, 0.15) is 19.0 Å². The first-order chi connectivity index (χ1) is 12.6. The van der Waals surface area contributed by atoms with E-state index in [1.807, 2.05) is 42.5 Å². The van der Waals surface area contributed by atoms with Crippen LogP contribution in [0.15, 0.2) is 42.5 Å². The average molecular weight is 353 g/mol. The molecule has 0 N–H and O–H groups in total. The predicted octanol–water partition coefficient (Wildman–Crippen LogP) is 3.38. The first kappa shape index (κ1) is 16.4. The Hall–Kier alpha value is -3.02. The van der Waals surface area contributed by atoms with Crippen molar-refractivity contribution in [1.82, 2.24) is 0 Å². The van der Waals surface area contributed by atoms with Gasteiger partial charge in [0.15, 0.2) is 6.10 Å². The zero-order valence-corrected chi connectivity index (χ0v) is 14.4. The first-order valence-corrected chi connectivity index (χ1v) is 8.57. The van der Waals surface area contributed by atoms with Gasteiger partial charge in [0.2, 0.25) is 0 Å². The number of anilines is 1. The fraction of sp³-hybridized carbons (Fsp3) is 0.300. The topological polar surface area (TPSA) is 65.1 Å². The molecule has 6 heteroatoms. The molecule has 26 heavy (non-hydrogen) atoms. The van der Waals surface area contributed by atoms with E-state index in [1.54, 1.807) is 4.90 Å². The fourth-order valence-corrected chi connectivity index (χ4v) is 3.35. The number of carbonyl (C=O) groups excluding carboxylic acids is 2. The van der Waals surface area contributed by atoms with Crippen molar-refractivity contribution in [2.45, 2.75) is 26.1 Å². The number of benzene rings is 2. The maximum atomic E-state index is 12.5. The smallest absolute Gasteiger partial charge is 0.414 e. The van der Waals surface area contributed by atoms with Crippen LogP contribution in [-0.2, 0) is 27.3 Å². The van der Waals surface area contributed by atoms with Gasteiger partial charge in [-0.2, -0.15) is 0 Å². The summed E-state index contributed by atoms with van der Waals surface area (Å²) >= 11 is 0. The van der Waals surface area contributed by atoms with Crippen molar-refractivity contribution in [2.24, 2.45) is 0 Å². The van der Waals surface area contributed by atoms with Crippen LogP contribution in [0.4, 0.5) is 10.5 Å². The Morgan fingerprint density at radius 2 is 2.04 bits per heavy atom. The highest BCUT2D eigenvalue weighted by Crippen LogP contribution is 2.42. The van der Waals surface area contributed by atoms with E-state index in [0.717, 1.165) is 34.5 Å². The monoisotopic (exact) mass is 353 g/mol. The van der Waals surface area contributed by atoms with Gasteiger partial charge in [-0.25, -0.2) is 4.79 Å². The van der Waals surface area contributed by atoms with Crippen molar-refractivity contribution < 1.29 is 23.8 Å². The molecule has 2 heterocycles. The minimum atomic E-state index is -0.435. The Kier molecular flexibility index (Phi) is 4.24. The van der Waals surface area contributed by atoms with Crippen LogP contribution in [0.1, 0.15) is 29.7 Å². The van der Waals surface area contributed by atoms with Gasteiger partial charge in [-0.3, -0.25) is 9.69 Å². The van der Waals surface area contributed by atoms with Crippen LogP contribution >= 0.6 is 0 Å². The molecule has 0 fully saturated rings. The van der Waals surface area contributed by atoms with Crippen LogP contribution in [-0.4, -0.2) is 25.2 Å². The Morgan fingerprint density at radius 1 is 1.23 bits per heavy atom. The van der Waals surface area contributed by atoms with E-state index >= 15 is 0 Å². The normalized spacial score (nSPS) is 17.3. The summed E-state index contributed by atoms with van der Waals surface area (Å²) in [6.07, 6.45) is -0.0731. The van der Waals surface area contributed by atoms with Crippen LogP contribution < -0.4 is 9.64 Å². The van der Waals surface area contributed by atoms with Crippen molar-refractivity contribution in [3.63, 3.8) is 0 Å². The molecule has 0 aliphatic carbocycles. The van der Waals surface area contributed by atoms with Gasteiger partial charge in [-0.1, -0.05) is 30.3 Å². The van der Waals surface area contributed by atoms with E-state index in [4.69, 9.17) is 14.2 Å².